The molecule has 10 heteroatoms. The molecule has 2 atom stereocenters. The number of nitrogens with zero attached hydrogens (tertiary/aromatic N) is 4. The predicted molar refractivity (Wildman–Crippen MR) is 139 cm³/mol. The van der Waals surface area contributed by atoms with E-state index in [9.17, 15) is 0 Å². The van der Waals surface area contributed by atoms with E-state index in [1.54, 1.807) is 24.7 Å². The van der Waals surface area contributed by atoms with Crippen molar-refractivity contribution in [1.29, 1.82) is 0 Å². The summed E-state index contributed by atoms with van der Waals surface area (Å²) in [5, 5.41) is 10.2. The minimum Gasteiger partial charge on any atom is -0.491 e. The fourth-order valence-electron chi connectivity index (χ4n) is 4.69. The molecule has 2 aliphatic rings. The van der Waals surface area contributed by atoms with Crippen molar-refractivity contribution in [2.45, 2.75) is 18.4 Å². The highest BCUT2D eigenvalue weighted by atomic mass is 35.5. The van der Waals surface area contributed by atoms with Gasteiger partial charge in [0, 0.05) is 61.4 Å². The molecule has 0 radical (unpaired) electrons. The van der Waals surface area contributed by atoms with E-state index in [1.165, 1.54) is 5.69 Å². The third kappa shape index (κ3) is 5.80. The molecule has 3 aromatic rings. The predicted octanol–water partition coefficient (Wildman–Crippen LogP) is 3.65. The highest BCUT2D eigenvalue weighted by molar-refractivity contribution is 6.35. The van der Waals surface area contributed by atoms with Crippen molar-refractivity contribution in [3.05, 3.63) is 76.8 Å². The summed E-state index contributed by atoms with van der Waals surface area (Å²) in [6.45, 7) is 5.84. The average Bonchev–Trinajstić information content (AvgIpc) is 3.54. The lowest BCUT2D eigenvalue weighted by Crippen LogP contribution is -2.47. The van der Waals surface area contributed by atoms with E-state index < -0.39 is 5.79 Å². The van der Waals surface area contributed by atoms with E-state index in [2.05, 4.69) is 26.9 Å². The van der Waals surface area contributed by atoms with Crippen LogP contribution in [0.4, 0.5) is 5.69 Å². The first kappa shape index (κ1) is 25.3. The zero-order valence-corrected chi connectivity index (χ0v) is 21.4. The van der Waals surface area contributed by atoms with Crippen molar-refractivity contribution in [2.24, 2.45) is 0 Å². The Balaban J connectivity index is 1.21. The average molecular weight is 533 g/mol. The molecule has 0 aliphatic carbocycles. The Morgan fingerprint density at radius 2 is 1.89 bits per heavy atom. The molecule has 2 aliphatic heterocycles. The highest BCUT2D eigenvalue weighted by Crippen LogP contribution is 2.40. The summed E-state index contributed by atoms with van der Waals surface area (Å²) in [5.41, 5.74) is 1.89. The number of β-amino-alcohol motifs (C(OH)–C–C–N with tert-alkyl or cyclic N) is 1. The fraction of sp³-hybridized carbons (Fsp3) is 0.423. The van der Waals surface area contributed by atoms with Crippen LogP contribution < -0.4 is 9.64 Å². The van der Waals surface area contributed by atoms with Crippen molar-refractivity contribution in [3.8, 4) is 5.75 Å². The van der Waals surface area contributed by atoms with Crippen molar-refractivity contribution >= 4 is 28.9 Å². The van der Waals surface area contributed by atoms with Crippen molar-refractivity contribution in [1.82, 2.24) is 14.5 Å². The zero-order chi connectivity index (χ0) is 25.0. The molecule has 1 aromatic heterocycles. The number of halogens is 2. The lowest BCUT2D eigenvalue weighted by Gasteiger charge is -2.35. The van der Waals surface area contributed by atoms with Gasteiger partial charge in [-0.1, -0.05) is 29.3 Å². The molecular weight excluding hydrogens is 503 g/mol. The summed E-state index contributed by atoms with van der Waals surface area (Å²) in [7, 11) is 0. The molecule has 2 unspecified atom stereocenters. The quantitative estimate of drug-likeness (QED) is 0.450. The molecule has 2 aromatic carbocycles. The Morgan fingerprint density at radius 1 is 1.08 bits per heavy atom. The molecule has 0 saturated carbocycles. The maximum Gasteiger partial charge on any atom is 0.215 e. The number of piperazine rings is 1. The minimum atomic E-state index is -1.07. The molecular formula is C26H30Cl2N4O4. The molecule has 0 bridgehead atoms. The van der Waals surface area contributed by atoms with Gasteiger partial charge in [0.1, 0.15) is 18.5 Å². The summed E-state index contributed by atoms with van der Waals surface area (Å²) in [6.07, 6.45) is 5.01. The van der Waals surface area contributed by atoms with E-state index >= 15 is 0 Å². The van der Waals surface area contributed by atoms with E-state index in [0.717, 1.165) is 38.5 Å². The number of rotatable bonds is 9. The van der Waals surface area contributed by atoms with Crippen LogP contribution in [0, 0.1) is 0 Å². The number of aliphatic hydroxyl groups excluding tert-OH is 1. The molecule has 0 amide bonds. The Morgan fingerprint density at radius 3 is 2.58 bits per heavy atom. The monoisotopic (exact) mass is 532 g/mol. The number of benzene rings is 2. The molecule has 36 heavy (non-hydrogen) atoms. The summed E-state index contributed by atoms with van der Waals surface area (Å²) in [4.78, 5) is 8.76. The summed E-state index contributed by atoms with van der Waals surface area (Å²) in [6, 6.07) is 13.5. The SMILES string of the molecule is OCCN1CCN(c2ccc(OCC3COC(Cn4ccnc4)(c4ccc(Cl)cc4Cl)O3)cc2)CC1. The van der Waals surface area contributed by atoms with Crippen LogP contribution in [0.2, 0.25) is 10.0 Å². The Labute approximate surface area is 220 Å². The van der Waals surface area contributed by atoms with E-state index in [-0.39, 0.29) is 12.7 Å². The lowest BCUT2D eigenvalue weighted by molar-refractivity contribution is -0.189. The normalized spacial score (nSPS) is 22.8. The molecule has 8 nitrogen and oxygen atoms in total. The van der Waals surface area contributed by atoms with Gasteiger partial charge in [-0.15, -0.1) is 0 Å². The van der Waals surface area contributed by atoms with Crippen LogP contribution in [0.5, 0.6) is 5.75 Å². The first-order valence-electron chi connectivity index (χ1n) is 12.1. The van der Waals surface area contributed by atoms with Crippen LogP contribution in [-0.4, -0.2) is 78.2 Å². The van der Waals surface area contributed by atoms with Gasteiger partial charge >= 0.3 is 0 Å². The van der Waals surface area contributed by atoms with E-state index in [1.807, 2.05) is 29.0 Å². The lowest BCUT2D eigenvalue weighted by atomic mass is 10.1. The molecule has 192 valence electrons. The van der Waals surface area contributed by atoms with Gasteiger partial charge in [-0.05, 0) is 36.4 Å². The molecule has 2 saturated heterocycles. The minimum absolute atomic E-state index is 0.208. The smallest absolute Gasteiger partial charge is 0.215 e. The highest BCUT2D eigenvalue weighted by Gasteiger charge is 2.45. The van der Waals surface area contributed by atoms with Crippen molar-refractivity contribution in [2.75, 3.05) is 57.4 Å². The van der Waals surface area contributed by atoms with Crippen LogP contribution in [0.1, 0.15) is 5.56 Å². The molecule has 0 spiro atoms. The van der Waals surface area contributed by atoms with Crippen LogP contribution >= 0.6 is 23.2 Å². The van der Waals surface area contributed by atoms with Crippen molar-refractivity contribution in [3.63, 3.8) is 0 Å². The Hall–Kier alpha value is -2.33. The Bertz CT molecular complexity index is 1120. The largest absolute Gasteiger partial charge is 0.491 e. The maximum absolute atomic E-state index is 9.13. The third-order valence-electron chi connectivity index (χ3n) is 6.58. The second-order valence-electron chi connectivity index (χ2n) is 9.02. The number of ether oxygens (including phenoxy) is 3. The zero-order valence-electron chi connectivity index (χ0n) is 19.9. The number of anilines is 1. The number of aliphatic hydroxyl groups is 1. The summed E-state index contributed by atoms with van der Waals surface area (Å²) < 4.78 is 20.6. The molecule has 1 N–H and O–H groups in total. The van der Waals surface area contributed by atoms with E-state index in [4.69, 9.17) is 42.5 Å². The van der Waals surface area contributed by atoms with Gasteiger partial charge in [0.05, 0.1) is 31.1 Å². The summed E-state index contributed by atoms with van der Waals surface area (Å²) >= 11 is 12.7. The van der Waals surface area contributed by atoms with Gasteiger partial charge in [0.2, 0.25) is 5.79 Å². The molecule has 3 heterocycles. The molecule has 5 rings (SSSR count). The standard InChI is InChI=1S/C26H30Cl2N4O4/c27-20-1-6-24(25(28)15-20)26(18-31-8-7-29-19-31)35-17-23(36-26)16-34-22-4-2-21(3-5-22)32-11-9-30(10-12-32)13-14-33/h1-8,15,19,23,33H,9-14,16-18H2. The Kier molecular flexibility index (Phi) is 8.00. The van der Waals surface area contributed by atoms with Gasteiger partial charge in [0.25, 0.3) is 0 Å². The fourth-order valence-corrected chi connectivity index (χ4v) is 5.24. The van der Waals surface area contributed by atoms with Gasteiger partial charge in [-0.25, -0.2) is 4.98 Å². The third-order valence-corrected chi connectivity index (χ3v) is 7.12. The van der Waals surface area contributed by atoms with Crippen LogP contribution in [-0.2, 0) is 21.8 Å². The first-order valence-corrected chi connectivity index (χ1v) is 12.8. The number of hydrogen-bond donors (Lipinski definition) is 1. The second-order valence-corrected chi connectivity index (χ2v) is 9.86. The van der Waals surface area contributed by atoms with Gasteiger partial charge in [-0.2, -0.15) is 0 Å². The van der Waals surface area contributed by atoms with Crippen LogP contribution in [0.3, 0.4) is 0 Å². The number of hydrogen-bond acceptors (Lipinski definition) is 7. The summed E-state index contributed by atoms with van der Waals surface area (Å²) in [5.74, 6) is -0.295. The van der Waals surface area contributed by atoms with Gasteiger partial charge in [-0.3, -0.25) is 4.90 Å². The number of imidazole rings is 1. The van der Waals surface area contributed by atoms with Crippen LogP contribution in [0.15, 0.2) is 61.2 Å². The van der Waals surface area contributed by atoms with Crippen LogP contribution in [0.25, 0.3) is 0 Å². The van der Waals surface area contributed by atoms with Crippen molar-refractivity contribution < 1.29 is 19.3 Å². The van der Waals surface area contributed by atoms with Gasteiger partial charge < -0.3 is 28.8 Å². The van der Waals surface area contributed by atoms with Gasteiger partial charge in [0.15, 0.2) is 0 Å². The first-order chi connectivity index (χ1) is 17.5. The molecule has 2 fully saturated rings. The maximum atomic E-state index is 9.13. The number of aromatic nitrogens is 2. The topological polar surface area (TPSA) is 72.2 Å². The van der Waals surface area contributed by atoms with E-state index in [0.29, 0.717) is 35.4 Å². The second kappa shape index (κ2) is 11.4.